The van der Waals surface area contributed by atoms with Gasteiger partial charge in [-0.25, -0.2) is 0 Å². The van der Waals surface area contributed by atoms with Gasteiger partial charge in [0.05, 0.1) is 6.54 Å². The zero-order chi connectivity index (χ0) is 17.4. The number of nitrogens with one attached hydrogen (secondary N) is 1. The molecule has 2 rings (SSSR count). The minimum atomic E-state index is 0.484. The van der Waals surface area contributed by atoms with E-state index in [1.807, 2.05) is 0 Å². The topological polar surface area (TPSA) is 34.1 Å². The Morgan fingerprint density at radius 2 is 1.88 bits per heavy atom. The lowest BCUT2D eigenvalue weighted by Crippen LogP contribution is -2.49. The van der Waals surface area contributed by atoms with Crippen LogP contribution in [-0.4, -0.2) is 80.1 Å². The van der Waals surface area contributed by atoms with Crippen molar-refractivity contribution >= 4 is 5.96 Å². The molecule has 0 radical (unpaired) electrons. The Morgan fingerprint density at radius 3 is 2.50 bits per heavy atom. The Bertz CT molecular complexity index is 494. The first-order valence-corrected chi connectivity index (χ1v) is 9.06. The number of hydrogen-bond acceptors (Lipinski definition) is 3. The second-order valence-corrected chi connectivity index (χ2v) is 6.72. The molecule has 0 saturated carbocycles. The van der Waals surface area contributed by atoms with Crippen LogP contribution in [0.15, 0.2) is 35.3 Å². The molecule has 1 saturated heterocycles. The van der Waals surface area contributed by atoms with Crippen molar-refractivity contribution in [3.63, 3.8) is 0 Å². The SMILES string of the molecule is CCNC(=NCC(C)N1CCN(C)CC1)N(C)Cc1ccccc1. The molecule has 1 aromatic carbocycles. The lowest BCUT2D eigenvalue weighted by Gasteiger charge is -2.36. The van der Waals surface area contributed by atoms with Gasteiger partial charge in [-0.2, -0.15) is 0 Å². The second kappa shape index (κ2) is 9.64. The number of nitrogens with zero attached hydrogens (tertiary/aromatic N) is 4. The highest BCUT2D eigenvalue weighted by molar-refractivity contribution is 5.79. The van der Waals surface area contributed by atoms with E-state index in [2.05, 4.69) is 78.3 Å². The summed E-state index contributed by atoms with van der Waals surface area (Å²) in [6, 6.07) is 11.0. The lowest BCUT2D eigenvalue weighted by molar-refractivity contribution is 0.122. The molecule has 5 heteroatoms. The summed E-state index contributed by atoms with van der Waals surface area (Å²) >= 11 is 0. The molecule has 1 unspecified atom stereocenters. The monoisotopic (exact) mass is 331 g/mol. The number of likely N-dealkylation sites (N-methyl/N-ethyl adjacent to an activating group) is 1. The van der Waals surface area contributed by atoms with Gasteiger partial charge >= 0.3 is 0 Å². The average Bonchev–Trinajstić information content (AvgIpc) is 2.59. The number of rotatable bonds is 6. The molecule has 1 fully saturated rings. The van der Waals surface area contributed by atoms with Gasteiger partial charge in [-0.3, -0.25) is 9.89 Å². The molecule has 1 heterocycles. The first-order chi connectivity index (χ1) is 11.6. The summed E-state index contributed by atoms with van der Waals surface area (Å²) in [5, 5.41) is 3.42. The molecule has 1 N–H and O–H groups in total. The fourth-order valence-corrected chi connectivity index (χ4v) is 3.00. The van der Waals surface area contributed by atoms with Crippen molar-refractivity contribution in [1.82, 2.24) is 20.0 Å². The summed E-state index contributed by atoms with van der Waals surface area (Å²) in [6.07, 6.45) is 0. The number of piperazine rings is 1. The Kier molecular flexibility index (Phi) is 7.53. The maximum absolute atomic E-state index is 4.88. The Morgan fingerprint density at radius 1 is 1.21 bits per heavy atom. The molecule has 134 valence electrons. The molecule has 0 aromatic heterocycles. The van der Waals surface area contributed by atoms with Crippen molar-refractivity contribution in [2.75, 3.05) is 53.4 Å². The first kappa shape index (κ1) is 18.7. The van der Waals surface area contributed by atoms with Gasteiger partial charge in [0, 0.05) is 52.4 Å². The zero-order valence-corrected chi connectivity index (χ0v) is 15.7. The average molecular weight is 332 g/mol. The predicted octanol–water partition coefficient (Wildman–Crippen LogP) is 1.72. The van der Waals surface area contributed by atoms with Crippen LogP contribution in [0.5, 0.6) is 0 Å². The van der Waals surface area contributed by atoms with Gasteiger partial charge < -0.3 is 15.1 Å². The molecule has 0 aliphatic carbocycles. The van der Waals surface area contributed by atoms with Crippen LogP contribution in [0, 0.1) is 0 Å². The van der Waals surface area contributed by atoms with Crippen LogP contribution < -0.4 is 5.32 Å². The van der Waals surface area contributed by atoms with Crippen LogP contribution >= 0.6 is 0 Å². The normalized spacial score (nSPS) is 18.4. The highest BCUT2D eigenvalue weighted by Crippen LogP contribution is 2.07. The van der Waals surface area contributed by atoms with E-state index in [0.717, 1.165) is 51.8 Å². The Balaban J connectivity index is 1.91. The van der Waals surface area contributed by atoms with Crippen LogP contribution in [0.2, 0.25) is 0 Å². The molecular weight excluding hydrogens is 298 g/mol. The van der Waals surface area contributed by atoms with E-state index in [4.69, 9.17) is 4.99 Å². The van der Waals surface area contributed by atoms with E-state index in [1.165, 1.54) is 5.56 Å². The molecule has 5 nitrogen and oxygen atoms in total. The van der Waals surface area contributed by atoms with Crippen LogP contribution in [0.1, 0.15) is 19.4 Å². The maximum atomic E-state index is 4.88. The Hall–Kier alpha value is -1.59. The number of benzene rings is 1. The minimum absolute atomic E-state index is 0.484. The fourth-order valence-electron chi connectivity index (χ4n) is 3.00. The third-order valence-corrected chi connectivity index (χ3v) is 4.63. The number of aliphatic imine (C=N–C) groups is 1. The summed E-state index contributed by atoms with van der Waals surface area (Å²) in [6.45, 7) is 11.6. The van der Waals surface area contributed by atoms with Crippen molar-refractivity contribution in [3.05, 3.63) is 35.9 Å². The van der Waals surface area contributed by atoms with Crippen molar-refractivity contribution in [2.24, 2.45) is 4.99 Å². The van der Waals surface area contributed by atoms with Gasteiger partial charge in [0.15, 0.2) is 5.96 Å². The van der Waals surface area contributed by atoms with Crippen LogP contribution in [0.4, 0.5) is 0 Å². The third-order valence-electron chi connectivity index (χ3n) is 4.63. The van der Waals surface area contributed by atoms with Gasteiger partial charge in [-0.1, -0.05) is 30.3 Å². The molecular formula is C19H33N5. The summed E-state index contributed by atoms with van der Waals surface area (Å²) in [4.78, 5) is 12.0. The van der Waals surface area contributed by atoms with E-state index in [1.54, 1.807) is 0 Å². The van der Waals surface area contributed by atoms with E-state index in [9.17, 15) is 0 Å². The molecule has 1 aliphatic rings. The summed E-state index contributed by atoms with van der Waals surface area (Å²) in [5.41, 5.74) is 1.30. The zero-order valence-electron chi connectivity index (χ0n) is 15.7. The molecule has 1 aromatic rings. The standard InChI is InChI=1S/C19H33N5/c1-5-20-19(23(4)16-18-9-7-6-8-10-18)21-15-17(2)24-13-11-22(3)12-14-24/h6-10,17H,5,11-16H2,1-4H3,(H,20,21). The van der Waals surface area contributed by atoms with Crippen LogP contribution in [0.3, 0.4) is 0 Å². The second-order valence-electron chi connectivity index (χ2n) is 6.72. The van der Waals surface area contributed by atoms with Gasteiger partial charge in [-0.15, -0.1) is 0 Å². The van der Waals surface area contributed by atoms with Gasteiger partial charge in [-0.05, 0) is 26.5 Å². The fraction of sp³-hybridized carbons (Fsp3) is 0.632. The van der Waals surface area contributed by atoms with E-state index < -0.39 is 0 Å². The third kappa shape index (κ3) is 5.80. The minimum Gasteiger partial charge on any atom is -0.357 e. The summed E-state index contributed by atoms with van der Waals surface area (Å²) < 4.78 is 0. The molecule has 24 heavy (non-hydrogen) atoms. The largest absolute Gasteiger partial charge is 0.357 e. The van der Waals surface area contributed by atoms with E-state index in [0.29, 0.717) is 6.04 Å². The Labute approximate surface area is 147 Å². The predicted molar refractivity (Wildman–Crippen MR) is 102 cm³/mol. The van der Waals surface area contributed by atoms with Crippen LogP contribution in [0.25, 0.3) is 0 Å². The first-order valence-electron chi connectivity index (χ1n) is 9.06. The van der Waals surface area contributed by atoms with Crippen molar-refractivity contribution in [1.29, 1.82) is 0 Å². The summed E-state index contributed by atoms with van der Waals surface area (Å²) in [7, 11) is 4.30. The highest BCUT2D eigenvalue weighted by atomic mass is 15.3. The number of hydrogen-bond donors (Lipinski definition) is 1. The molecule has 1 atom stereocenters. The van der Waals surface area contributed by atoms with Gasteiger partial charge in [0.2, 0.25) is 0 Å². The van der Waals surface area contributed by atoms with Crippen LogP contribution in [-0.2, 0) is 6.54 Å². The summed E-state index contributed by atoms with van der Waals surface area (Å²) in [5.74, 6) is 0.988. The number of guanidine groups is 1. The molecule has 1 aliphatic heterocycles. The van der Waals surface area contributed by atoms with E-state index >= 15 is 0 Å². The molecule has 0 amide bonds. The van der Waals surface area contributed by atoms with E-state index in [-0.39, 0.29) is 0 Å². The quantitative estimate of drug-likeness (QED) is 0.636. The van der Waals surface area contributed by atoms with Gasteiger partial charge in [0.1, 0.15) is 0 Å². The maximum Gasteiger partial charge on any atom is 0.194 e. The highest BCUT2D eigenvalue weighted by Gasteiger charge is 2.19. The van der Waals surface area contributed by atoms with Crippen molar-refractivity contribution in [2.45, 2.75) is 26.4 Å². The molecule has 0 spiro atoms. The van der Waals surface area contributed by atoms with Crippen molar-refractivity contribution in [3.8, 4) is 0 Å². The van der Waals surface area contributed by atoms with Gasteiger partial charge in [0.25, 0.3) is 0 Å². The smallest absolute Gasteiger partial charge is 0.194 e. The lowest BCUT2D eigenvalue weighted by atomic mass is 10.2. The van der Waals surface area contributed by atoms with Crippen molar-refractivity contribution < 1.29 is 0 Å². The molecule has 0 bridgehead atoms.